The maximum Gasteiger partial charge on any atom is 0.0540 e. The van der Waals surface area contributed by atoms with Gasteiger partial charge in [-0.05, 0) is 119 Å². The number of fused-ring (bicyclic) bond motifs is 5. The molecular formula is C58H39N. The molecule has 0 radical (unpaired) electrons. The molecule has 11 aromatic carbocycles. The predicted molar refractivity (Wildman–Crippen MR) is 253 cm³/mol. The Morgan fingerprint density at radius 3 is 1.34 bits per heavy atom. The van der Waals surface area contributed by atoms with Gasteiger partial charge in [0.15, 0.2) is 0 Å². The van der Waals surface area contributed by atoms with Crippen LogP contribution in [-0.2, 0) is 0 Å². The van der Waals surface area contributed by atoms with Crippen LogP contribution in [0.3, 0.4) is 0 Å². The third-order valence-electron chi connectivity index (χ3n) is 11.8. The summed E-state index contributed by atoms with van der Waals surface area (Å²) in [5, 5.41) is 10.0. The lowest BCUT2D eigenvalue weighted by Gasteiger charge is -2.27. The van der Waals surface area contributed by atoms with Crippen LogP contribution in [0.25, 0.3) is 87.6 Å². The Labute approximate surface area is 344 Å². The van der Waals surface area contributed by atoms with E-state index in [1.807, 2.05) is 0 Å². The van der Waals surface area contributed by atoms with Crippen LogP contribution in [0.4, 0.5) is 17.1 Å². The van der Waals surface area contributed by atoms with E-state index in [1.165, 1.54) is 87.6 Å². The van der Waals surface area contributed by atoms with E-state index in [9.17, 15) is 0 Å². The van der Waals surface area contributed by atoms with Crippen molar-refractivity contribution in [1.29, 1.82) is 0 Å². The highest BCUT2D eigenvalue weighted by Crippen LogP contribution is 2.46. The molecule has 276 valence electrons. The molecular weight excluding hydrogens is 711 g/mol. The molecule has 0 bridgehead atoms. The van der Waals surface area contributed by atoms with Gasteiger partial charge in [0, 0.05) is 16.8 Å². The summed E-state index contributed by atoms with van der Waals surface area (Å²) in [5.41, 5.74) is 13.1. The summed E-state index contributed by atoms with van der Waals surface area (Å²) in [4.78, 5) is 2.39. The lowest BCUT2D eigenvalue weighted by atomic mass is 9.84. The SMILES string of the molecule is c1ccc(-c2c(-c3cccc(-c4ccc(N(c5ccc(-c6cccc7ccccc67)cc5)c5cccc6ccccc56)cc4)c3)c3ccccc3c3ccccc23)cc1. The van der Waals surface area contributed by atoms with Crippen molar-refractivity contribution in [2.75, 3.05) is 4.90 Å². The Morgan fingerprint density at radius 2 is 0.678 bits per heavy atom. The van der Waals surface area contributed by atoms with Gasteiger partial charge in [-0.2, -0.15) is 0 Å². The molecule has 0 fully saturated rings. The molecule has 0 aliphatic heterocycles. The monoisotopic (exact) mass is 749 g/mol. The van der Waals surface area contributed by atoms with E-state index >= 15 is 0 Å². The average Bonchev–Trinajstić information content (AvgIpc) is 3.32. The minimum absolute atomic E-state index is 1.10. The Balaban J connectivity index is 1.02. The van der Waals surface area contributed by atoms with Gasteiger partial charge in [-0.25, -0.2) is 0 Å². The smallest absolute Gasteiger partial charge is 0.0540 e. The minimum Gasteiger partial charge on any atom is -0.310 e. The number of hydrogen-bond donors (Lipinski definition) is 0. The number of nitrogens with zero attached hydrogens (tertiary/aromatic N) is 1. The van der Waals surface area contributed by atoms with Gasteiger partial charge < -0.3 is 4.90 Å². The average molecular weight is 750 g/mol. The molecule has 0 saturated carbocycles. The molecule has 0 aromatic heterocycles. The lowest BCUT2D eigenvalue weighted by molar-refractivity contribution is 1.30. The molecule has 0 unspecified atom stereocenters. The van der Waals surface area contributed by atoms with Gasteiger partial charge in [0.25, 0.3) is 0 Å². The van der Waals surface area contributed by atoms with E-state index in [-0.39, 0.29) is 0 Å². The van der Waals surface area contributed by atoms with Crippen LogP contribution in [0.5, 0.6) is 0 Å². The van der Waals surface area contributed by atoms with E-state index in [0.29, 0.717) is 0 Å². The van der Waals surface area contributed by atoms with Gasteiger partial charge in [-0.15, -0.1) is 0 Å². The highest BCUT2D eigenvalue weighted by atomic mass is 15.1. The topological polar surface area (TPSA) is 3.24 Å². The van der Waals surface area contributed by atoms with Crippen molar-refractivity contribution in [2.24, 2.45) is 0 Å². The minimum atomic E-state index is 1.10. The molecule has 0 aliphatic rings. The third kappa shape index (κ3) is 6.12. The second kappa shape index (κ2) is 14.6. The summed E-state index contributed by atoms with van der Waals surface area (Å²) < 4.78 is 0. The molecule has 11 rings (SSSR count). The summed E-state index contributed by atoms with van der Waals surface area (Å²) in [6.07, 6.45) is 0. The van der Waals surface area contributed by atoms with E-state index < -0.39 is 0 Å². The van der Waals surface area contributed by atoms with Gasteiger partial charge in [0.1, 0.15) is 0 Å². The molecule has 59 heavy (non-hydrogen) atoms. The predicted octanol–water partition coefficient (Wildman–Crippen LogP) is 16.4. The normalized spacial score (nSPS) is 11.4. The third-order valence-corrected chi connectivity index (χ3v) is 11.8. The zero-order valence-corrected chi connectivity index (χ0v) is 32.5. The molecule has 0 heterocycles. The molecule has 0 saturated heterocycles. The first-order valence-electron chi connectivity index (χ1n) is 20.3. The van der Waals surface area contributed by atoms with Crippen LogP contribution < -0.4 is 4.90 Å². The zero-order valence-electron chi connectivity index (χ0n) is 32.5. The van der Waals surface area contributed by atoms with Gasteiger partial charge in [-0.3, -0.25) is 0 Å². The lowest BCUT2D eigenvalue weighted by Crippen LogP contribution is -2.10. The Bertz CT molecular complexity index is 3300. The van der Waals surface area contributed by atoms with Crippen molar-refractivity contribution in [3.63, 3.8) is 0 Å². The van der Waals surface area contributed by atoms with Gasteiger partial charge in [0.2, 0.25) is 0 Å². The first kappa shape index (κ1) is 34.5. The van der Waals surface area contributed by atoms with Crippen LogP contribution in [-0.4, -0.2) is 0 Å². The van der Waals surface area contributed by atoms with Crippen LogP contribution in [0.1, 0.15) is 0 Å². The number of anilines is 3. The number of hydrogen-bond acceptors (Lipinski definition) is 1. The molecule has 1 heteroatoms. The van der Waals surface area contributed by atoms with Crippen LogP contribution >= 0.6 is 0 Å². The van der Waals surface area contributed by atoms with E-state index in [4.69, 9.17) is 0 Å². The van der Waals surface area contributed by atoms with Crippen molar-refractivity contribution in [2.45, 2.75) is 0 Å². The molecule has 0 N–H and O–H groups in total. The molecule has 0 atom stereocenters. The first-order valence-corrected chi connectivity index (χ1v) is 20.3. The molecule has 0 spiro atoms. The quantitative estimate of drug-likeness (QED) is 0.147. The van der Waals surface area contributed by atoms with Crippen LogP contribution in [0, 0.1) is 0 Å². The summed E-state index contributed by atoms with van der Waals surface area (Å²) in [7, 11) is 0. The molecule has 0 aliphatic carbocycles. The highest BCUT2D eigenvalue weighted by Gasteiger charge is 2.19. The second-order valence-electron chi connectivity index (χ2n) is 15.2. The van der Waals surface area contributed by atoms with Crippen LogP contribution in [0.15, 0.2) is 237 Å². The summed E-state index contributed by atoms with van der Waals surface area (Å²) in [5.74, 6) is 0. The van der Waals surface area contributed by atoms with Crippen molar-refractivity contribution < 1.29 is 0 Å². The summed E-state index contributed by atoms with van der Waals surface area (Å²) in [6, 6.07) is 86.2. The Kier molecular flexibility index (Phi) is 8.56. The van der Waals surface area contributed by atoms with E-state index in [1.54, 1.807) is 0 Å². The van der Waals surface area contributed by atoms with Crippen LogP contribution in [0.2, 0.25) is 0 Å². The summed E-state index contributed by atoms with van der Waals surface area (Å²) in [6.45, 7) is 0. The Morgan fingerprint density at radius 1 is 0.237 bits per heavy atom. The van der Waals surface area contributed by atoms with E-state index in [0.717, 1.165) is 17.1 Å². The standard InChI is InChI=1S/C58H39N/c1-2-17-44(18-3-1)57-54-27-10-8-25-52(54)53-26-9-11-28-55(53)58(57)46-22-12-21-45(39-46)40-31-35-47(36-32-40)59(56-30-14-20-42-16-5-7-24-51(42)56)48-37-33-43(34-38-48)50-29-13-19-41-15-4-6-23-49(41)50/h1-39H. The fourth-order valence-electron chi connectivity index (χ4n) is 9.10. The van der Waals surface area contributed by atoms with Crippen molar-refractivity contribution in [1.82, 2.24) is 0 Å². The highest BCUT2D eigenvalue weighted by molar-refractivity contribution is 6.21. The zero-order chi connectivity index (χ0) is 39.1. The summed E-state index contributed by atoms with van der Waals surface area (Å²) >= 11 is 0. The van der Waals surface area contributed by atoms with E-state index in [2.05, 4.69) is 241 Å². The largest absolute Gasteiger partial charge is 0.310 e. The maximum atomic E-state index is 2.39. The fraction of sp³-hybridized carbons (Fsp3) is 0. The number of rotatable bonds is 7. The van der Waals surface area contributed by atoms with Gasteiger partial charge >= 0.3 is 0 Å². The van der Waals surface area contributed by atoms with Gasteiger partial charge in [0.05, 0.1) is 5.69 Å². The molecule has 0 amide bonds. The Hall–Kier alpha value is -7.74. The molecule has 11 aromatic rings. The van der Waals surface area contributed by atoms with Crippen molar-refractivity contribution in [3.8, 4) is 44.5 Å². The number of benzene rings is 11. The first-order chi connectivity index (χ1) is 29.3. The maximum absolute atomic E-state index is 2.39. The van der Waals surface area contributed by atoms with Crippen molar-refractivity contribution >= 4 is 60.2 Å². The van der Waals surface area contributed by atoms with Crippen molar-refractivity contribution in [3.05, 3.63) is 237 Å². The molecule has 1 nitrogen and oxygen atoms in total. The van der Waals surface area contributed by atoms with Gasteiger partial charge in [-0.1, -0.05) is 200 Å². The second-order valence-corrected chi connectivity index (χ2v) is 15.2. The fourth-order valence-corrected chi connectivity index (χ4v) is 9.10.